The van der Waals surface area contributed by atoms with Crippen LogP contribution in [0.2, 0.25) is 0 Å². The normalized spacial score (nSPS) is 18.5. The van der Waals surface area contributed by atoms with E-state index in [4.69, 9.17) is 4.52 Å². The van der Waals surface area contributed by atoms with Gasteiger partial charge in [-0.15, -0.1) is 0 Å². The molecular formula is C17H23N3O2. The van der Waals surface area contributed by atoms with E-state index in [1.54, 1.807) is 0 Å². The molecule has 0 bridgehead atoms. The third-order valence-corrected chi connectivity index (χ3v) is 4.41. The Labute approximate surface area is 131 Å². The third kappa shape index (κ3) is 3.54. The lowest BCUT2D eigenvalue weighted by Crippen LogP contribution is -2.35. The van der Waals surface area contributed by atoms with Gasteiger partial charge in [-0.25, -0.2) is 0 Å². The van der Waals surface area contributed by atoms with E-state index in [0.717, 1.165) is 43.7 Å². The Kier molecular flexibility index (Phi) is 4.85. The van der Waals surface area contributed by atoms with Crippen LogP contribution in [0.25, 0.3) is 0 Å². The van der Waals surface area contributed by atoms with Crippen LogP contribution < -0.4 is 0 Å². The summed E-state index contributed by atoms with van der Waals surface area (Å²) in [5.41, 5.74) is 1.02. The van der Waals surface area contributed by atoms with Crippen LogP contribution in [0.5, 0.6) is 0 Å². The zero-order valence-electron chi connectivity index (χ0n) is 13.0. The van der Waals surface area contributed by atoms with Crippen molar-refractivity contribution in [2.24, 2.45) is 5.92 Å². The van der Waals surface area contributed by atoms with Gasteiger partial charge in [0.15, 0.2) is 5.82 Å². The van der Waals surface area contributed by atoms with Crippen molar-refractivity contribution >= 4 is 0 Å². The lowest BCUT2D eigenvalue weighted by atomic mass is 9.87. The fourth-order valence-electron chi connectivity index (χ4n) is 3.04. The van der Waals surface area contributed by atoms with Crippen molar-refractivity contribution in [2.75, 3.05) is 13.1 Å². The minimum atomic E-state index is -0.363. The first-order chi connectivity index (χ1) is 10.8. The van der Waals surface area contributed by atoms with Gasteiger partial charge in [0.05, 0.1) is 12.6 Å². The molecule has 0 saturated carbocycles. The Morgan fingerprint density at radius 2 is 2.00 bits per heavy atom. The molecule has 0 aliphatic carbocycles. The van der Waals surface area contributed by atoms with Crippen LogP contribution >= 0.6 is 0 Å². The van der Waals surface area contributed by atoms with Gasteiger partial charge in [-0.1, -0.05) is 42.4 Å². The fourth-order valence-corrected chi connectivity index (χ4v) is 3.04. The smallest absolute Gasteiger partial charge is 0.240 e. The second kappa shape index (κ2) is 7.03. The number of aliphatic hydroxyl groups is 1. The minimum Gasteiger partial charge on any atom is -0.388 e. The van der Waals surface area contributed by atoms with Crippen molar-refractivity contribution in [3.05, 3.63) is 47.6 Å². The van der Waals surface area contributed by atoms with Crippen molar-refractivity contribution in [1.82, 2.24) is 15.0 Å². The number of aromatic nitrogens is 2. The quantitative estimate of drug-likeness (QED) is 0.919. The molecule has 1 atom stereocenters. The zero-order valence-corrected chi connectivity index (χ0v) is 13.0. The molecule has 118 valence electrons. The van der Waals surface area contributed by atoms with E-state index < -0.39 is 0 Å². The number of aliphatic hydroxyl groups excluding tert-OH is 1. The summed E-state index contributed by atoms with van der Waals surface area (Å²) in [6, 6.07) is 9.94. The molecule has 0 radical (unpaired) electrons. The third-order valence-electron chi connectivity index (χ3n) is 4.41. The highest BCUT2D eigenvalue weighted by atomic mass is 16.5. The monoisotopic (exact) mass is 301 g/mol. The van der Waals surface area contributed by atoms with Crippen LogP contribution in [0, 0.1) is 5.92 Å². The molecule has 2 aromatic rings. The Morgan fingerprint density at radius 3 is 2.64 bits per heavy atom. The molecule has 5 heteroatoms. The zero-order chi connectivity index (χ0) is 15.4. The van der Waals surface area contributed by atoms with Crippen LogP contribution in [0.15, 0.2) is 34.9 Å². The summed E-state index contributed by atoms with van der Waals surface area (Å²) in [5.74, 6) is 1.79. The maximum Gasteiger partial charge on any atom is 0.240 e. The molecule has 1 fully saturated rings. The largest absolute Gasteiger partial charge is 0.388 e. The minimum absolute atomic E-state index is 0.326. The molecule has 3 rings (SSSR count). The van der Waals surface area contributed by atoms with Crippen LogP contribution in [-0.2, 0) is 13.0 Å². The summed E-state index contributed by atoms with van der Waals surface area (Å²) in [4.78, 5) is 6.68. The first kappa shape index (κ1) is 15.2. The lowest BCUT2D eigenvalue weighted by Gasteiger charge is -2.33. The molecule has 1 aromatic carbocycles. The highest BCUT2D eigenvalue weighted by Crippen LogP contribution is 2.30. The lowest BCUT2D eigenvalue weighted by molar-refractivity contribution is 0.0538. The number of rotatable bonds is 5. The van der Waals surface area contributed by atoms with Gasteiger partial charge in [0.2, 0.25) is 5.89 Å². The molecule has 22 heavy (non-hydrogen) atoms. The summed E-state index contributed by atoms with van der Waals surface area (Å²) in [5, 5.41) is 14.4. The van der Waals surface area contributed by atoms with Gasteiger partial charge in [0.1, 0.15) is 0 Å². The highest BCUT2D eigenvalue weighted by molar-refractivity contribution is 5.18. The fraction of sp³-hybridized carbons (Fsp3) is 0.529. The van der Waals surface area contributed by atoms with Gasteiger partial charge in [-0.3, -0.25) is 4.90 Å². The van der Waals surface area contributed by atoms with E-state index >= 15 is 0 Å². The number of hydrogen-bond acceptors (Lipinski definition) is 5. The van der Waals surface area contributed by atoms with Crippen LogP contribution in [0.1, 0.15) is 43.1 Å². The van der Waals surface area contributed by atoms with Gasteiger partial charge >= 0.3 is 0 Å². The number of aryl methyl sites for hydroxylation is 1. The van der Waals surface area contributed by atoms with Crippen molar-refractivity contribution in [1.29, 1.82) is 0 Å². The van der Waals surface area contributed by atoms with E-state index in [1.165, 1.54) is 0 Å². The Bertz CT molecular complexity index is 577. The molecule has 0 unspecified atom stereocenters. The van der Waals surface area contributed by atoms with Crippen molar-refractivity contribution in [3.63, 3.8) is 0 Å². The average Bonchev–Trinajstić information content (AvgIpc) is 3.03. The topological polar surface area (TPSA) is 62.4 Å². The average molecular weight is 301 g/mol. The summed E-state index contributed by atoms with van der Waals surface area (Å²) in [6.45, 7) is 4.64. The molecule has 1 aliphatic rings. The summed E-state index contributed by atoms with van der Waals surface area (Å²) in [7, 11) is 0. The molecule has 1 aliphatic heterocycles. The van der Waals surface area contributed by atoms with E-state index in [1.807, 2.05) is 37.3 Å². The molecule has 1 saturated heterocycles. The highest BCUT2D eigenvalue weighted by Gasteiger charge is 2.26. The molecule has 0 spiro atoms. The molecule has 0 amide bonds. The molecule has 5 nitrogen and oxygen atoms in total. The summed E-state index contributed by atoms with van der Waals surface area (Å²) < 4.78 is 5.25. The first-order valence-electron chi connectivity index (χ1n) is 8.03. The van der Waals surface area contributed by atoms with Crippen LogP contribution in [0.4, 0.5) is 0 Å². The van der Waals surface area contributed by atoms with E-state index in [0.29, 0.717) is 18.4 Å². The maximum atomic E-state index is 10.5. The molecular weight excluding hydrogens is 278 g/mol. The van der Waals surface area contributed by atoms with Crippen molar-refractivity contribution in [3.8, 4) is 0 Å². The number of benzene rings is 1. The predicted molar refractivity (Wildman–Crippen MR) is 83.1 cm³/mol. The number of piperidine rings is 1. The number of hydrogen-bond donors (Lipinski definition) is 1. The summed E-state index contributed by atoms with van der Waals surface area (Å²) >= 11 is 0. The van der Waals surface area contributed by atoms with Crippen molar-refractivity contribution in [2.45, 2.75) is 38.8 Å². The van der Waals surface area contributed by atoms with Gasteiger partial charge in [0.25, 0.3) is 0 Å². The number of likely N-dealkylation sites (tertiary alicyclic amines) is 1. The molecule has 1 aromatic heterocycles. The van der Waals surface area contributed by atoms with Crippen LogP contribution in [0.3, 0.4) is 0 Å². The van der Waals surface area contributed by atoms with Crippen molar-refractivity contribution < 1.29 is 9.63 Å². The van der Waals surface area contributed by atoms with Gasteiger partial charge in [-0.2, -0.15) is 4.98 Å². The van der Waals surface area contributed by atoms with Crippen LogP contribution in [-0.4, -0.2) is 33.2 Å². The second-order valence-corrected chi connectivity index (χ2v) is 5.93. The number of nitrogens with zero attached hydrogens (tertiary/aromatic N) is 3. The molecule has 1 N–H and O–H groups in total. The predicted octanol–water partition coefficient (Wildman–Crippen LogP) is 2.58. The molecule has 2 heterocycles. The Balaban J connectivity index is 1.52. The van der Waals surface area contributed by atoms with Gasteiger partial charge < -0.3 is 9.63 Å². The second-order valence-electron chi connectivity index (χ2n) is 5.93. The maximum absolute atomic E-state index is 10.5. The Morgan fingerprint density at radius 1 is 1.27 bits per heavy atom. The SMILES string of the molecule is CCc1noc(CN2CCC([C@@H](O)c3ccccc3)CC2)n1. The summed E-state index contributed by atoms with van der Waals surface area (Å²) in [6.07, 6.45) is 2.42. The van der Waals surface area contributed by atoms with E-state index in [9.17, 15) is 5.11 Å². The van der Waals surface area contributed by atoms with Gasteiger partial charge in [0, 0.05) is 6.42 Å². The Hall–Kier alpha value is -1.72. The standard InChI is InChI=1S/C17H23N3O2/c1-2-15-18-16(22-19-15)12-20-10-8-14(9-11-20)17(21)13-6-4-3-5-7-13/h3-7,14,17,21H,2,8-12H2,1H3/t17-/m0/s1. The first-order valence-corrected chi connectivity index (χ1v) is 8.03. The van der Waals surface area contributed by atoms with E-state index in [-0.39, 0.29) is 6.10 Å². The van der Waals surface area contributed by atoms with E-state index in [2.05, 4.69) is 15.0 Å². The van der Waals surface area contributed by atoms with Gasteiger partial charge in [-0.05, 0) is 37.4 Å².